The number of H-pyrrole nitrogens is 1. The van der Waals surface area contributed by atoms with Crippen LogP contribution in [0.25, 0.3) is 0 Å². The van der Waals surface area contributed by atoms with Crippen molar-refractivity contribution in [3.8, 4) is 0 Å². The number of nitrogens with zero attached hydrogens (tertiary/aromatic N) is 2. The molecule has 0 radical (unpaired) electrons. The van der Waals surface area contributed by atoms with E-state index in [0.717, 1.165) is 32.1 Å². The van der Waals surface area contributed by atoms with Crippen molar-refractivity contribution < 1.29 is 13.2 Å². The molecule has 1 aromatic rings. The number of carbonyl (C=O) groups is 1. The van der Waals surface area contributed by atoms with Crippen molar-refractivity contribution in [3.05, 3.63) is 11.4 Å². The van der Waals surface area contributed by atoms with Crippen molar-refractivity contribution in [1.82, 2.24) is 15.1 Å². The maximum atomic E-state index is 12.7. The van der Waals surface area contributed by atoms with Crippen molar-refractivity contribution in [2.75, 3.05) is 6.54 Å². The molecule has 3 aliphatic rings. The molecule has 1 aliphatic heterocycles. The topological polar surface area (TPSA) is 109 Å². The standard InChI is InChI=1S/C13H18N4O3S/c14-21(19,20)12-10(8-2-3-8)15-16-11(12)13(18)17-6-7-1-4-9(17)5-7/h7-9H,1-6H2,(H,15,16)(H2,14,19,20). The van der Waals surface area contributed by atoms with Gasteiger partial charge in [-0.1, -0.05) is 0 Å². The lowest BCUT2D eigenvalue weighted by Crippen LogP contribution is -2.38. The highest BCUT2D eigenvalue weighted by atomic mass is 32.2. The molecular weight excluding hydrogens is 292 g/mol. The van der Waals surface area contributed by atoms with Gasteiger partial charge in [-0.05, 0) is 38.0 Å². The Morgan fingerprint density at radius 1 is 1.29 bits per heavy atom. The van der Waals surface area contributed by atoms with Gasteiger partial charge in [-0.2, -0.15) is 5.10 Å². The summed E-state index contributed by atoms with van der Waals surface area (Å²) in [6, 6.07) is 0.233. The van der Waals surface area contributed by atoms with Gasteiger partial charge in [0.25, 0.3) is 5.91 Å². The quantitative estimate of drug-likeness (QED) is 0.850. The summed E-state index contributed by atoms with van der Waals surface area (Å²) in [4.78, 5) is 14.4. The molecule has 2 atom stereocenters. The van der Waals surface area contributed by atoms with Gasteiger partial charge >= 0.3 is 0 Å². The summed E-state index contributed by atoms with van der Waals surface area (Å²) in [5.74, 6) is 0.399. The van der Waals surface area contributed by atoms with E-state index in [1.807, 2.05) is 0 Å². The minimum atomic E-state index is -3.95. The van der Waals surface area contributed by atoms with Gasteiger partial charge in [0.2, 0.25) is 10.0 Å². The molecule has 2 heterocycles. The van der Waals surface area contributed by atoms with Gasteiger partial charge in [-0.25, -0.2) is 13.6 Å². The summed E-state index contributed by atoms with van der Waals surface area (Å²) >= 11 is 0. The molecule has 1 aromatic heterocycles. The van der Waals surface area contributed by atoms with Crippen molar-refractivity contribution >= 4 is 15.9 Å². The molecule has 0 aromatic carbocycles. The Morgan fingerprint density at radius 3 is 2.57 bits per heavy atom. The lowest BCUT2D eigenvalue weighted by molar-refractivity contribution is 0.0693. The molecule has 8 heteroatoms. The number of primary sulfonamides is 1. The molecule has 4 rings (SSSR count). The third-order valence-corrected chi connectivity index (χ3v) is 5.87. The predicted molar refractivity (Wildman–Crippen MR) is 74.1 cm³/mol. The normalized spacial score (nSPS) is 28.3. The van der Waals surface area contributed by atoms with Crippen LogP contribution in [0.3, 0.4) is 0 Å². The molecule has 1 amide bonds. The average molecular weight is 310 g/mol. The highest BCUT2D eigenvalue weighted by Crippen LogP contribution is 2.43. The van der Waals surface area contributed by atoms with E-state index >= 15 is 0 Å². The highest BCUT2D eigenvalue weighted by molar-refractivity contribution is 7.89. The SMILES string of the molecule is NS(=O)(=O)c1c(C(=O)N2CC3CCC2C3)n[nH]c1C1CC1. The van der Waals surface area contributed by atoms with Crippen LogP contribution in [-0.4, -0.2) is 42.0 Å². The maximum Gasteiger partial charge on any atom is 0.276 e. The fraction of sp³-hybridized carbons (Fsp3) is 0.692. The molecule has 3 fully saturated rings. The summed E-state index contributed by atoms with van der Waals surface area (Å²) in [6.07, 6.45) is 5.00. The smallest absolute Gasteiger partial charge is 0.276 e. The van der Waals surface area contributed by atoms with Crippen LogP contribution in [-0.2, 0) is 10.0 Å². The van der Waals surface area contributed by atoms with Gasteiger partial charge < -0.3 is 4.90 Å². The van der Waals surface area contributed by atoms with Crippen LogP contribution >= 0.6 is 0 Å². The maximum absolute atomic E-state index is 12.7. The fourth-order valence-electron chi connectivity index (χ4n) is 3.74. The number of piperidine rings is 1. The van der Waals surface area contributed by atoms with E-state index in [1.54, 1.807) is 4.90 Å². The second-order valence-electron chi connectivity index (χ2n) is 6.42. The second kappa shape index (κ2) is 4.30. The predicted octanol–water partition coefficient (Wildman–Crippen LogP) is 0.559. The number of nitrogens with one attached hydrogen (secondary N) is 1. The van der Waals surface area contributed by atoms with Crippen LogP contribution in [0.15, 0.2) is 4.90 Å². The number of aromatic amines is 1. The molecule has 21 heavy (non-hydrogen) atoms. The number of aromatic nitrogens is 2. The van der Waals surface area contributed by atoms with Crippen molar-refractivity contribution in [2.45, 2.75) is 49.0 Å². The van der Waals surface area contributed by atoms with E-state index in [0.29, 0.717) is 18.2 Å². The van der Waals surface area contributed by atoms with E-state index < -0.39 is 10.0 Å². The average Bonchev–Trinajstić information content (AvgIpc) is 2.90. The van der Waals surface area contributed by atoms with Crippen LogP contribution in [0, 0.1) is 5.92 Å². The Bertz CT molecular complexity index is 707. The monoisotopic (exact) mass is 310 g/mol. The molecular formula is C13H18N4O3S. The summed E-state index contributed by atoms with van der Waals surface area (Å²) in [6.45, 7) is 0.708. The number of sulfonamides is 1. The molecule has 3 N–H and O–H groups in total. The first kappa shape index (κ1) is 13.3. The fourth-order valence-corrected chi connectivity index (χ4v) is 4.66. The first-order chi connectivity index (χ1) is 9.95. The number of rotatable bonds is 3. The highest BCUT2D eigenvalue weighted by Gasteiger charge is 2.43. The molecule has 7 nitrogen and oxygen atoms in total. The third-order valence-electron chi connectivity index (χ3n) is 4.89. The Hall–Kier alpha value is -1.41. The number of fused-ring (bicyclic) bond motifs is 2. The Morgan fingerprint density at radius 2 is 2.05 bits per heavy atom. The molecule has 2 bridgehead atoms. The first-order valence-corrected chi connectivity index (χ1v) is 8.92. The van der Waals surface area contributed by atoms with Crippen molar-refractivity contribution in [1.29, 1.82) is 0 Å². The molecule has 2 unspecified atom stereocenters. The summed E-state index contributed by atoms with van der Waals surface area (Å²) in [5.41, 5.74) is 0.483. The second-order valence-corrected chi connectivity index (χ2v) is 7.92. The largest absolute Gasteiger partial charge is 0.334 e. The number of hydrogen-bond donors (Lipinski definition) is 2. The van der Waals surface area contributed by atoms with E-state index in [1.165, 1.54) is 0 Å². The van der Waals surface area contributed by atoms with Crippen LogP contribution in [0.5, 0.6) is 0 Å². The van der Waals surface area contributed by atoms with Crippen LogP contribution in [0.4, 0.5) is 0 Å². The van der Waals surface area contributed by atoms with Crippen molar-refractivity contribution in [2.24, 2.45) is 11.1 Å². The summed E-state index contributed by atoms with van der Waals surface area (Å²) in [5, 5.41) is 12.1. The molecule has 0 spiro atoms. The van der Waals surface area contributed by atoms with E-state index in [-0.39, 0.29) is 28.5 Å². The zero-order chi connectivity index (χ0) is 14.8. The summed E-state index contributed by atoms with van der Waals surface area (Å²) in [7, 11) is -3.95. The van der Waals surface area contributed by atoms with E-state index in [4.69, 9.17) is 5.14 Å². The van der Waals surface area contributed by atoms with Gasteiger partial charge in [0.1, 0.15) is 4.90 Å². The lowest BCUT2D eigenvalue weighted by atomic mass is 10.1. The van der Waals surface area contributed by atoms with Gasteiger partial charge in [-0.15, -0.1) is 0 Å². The third kappa shape index (κ3) is 2.08. The number of amides is 1. The Labute approximate surface area is 122 Å². The summed E-state index contributed by atoms with van der Waals surface area (Å²) < 4.78 is 23.8. The van der Waals surface area contributed by atoms with E-state index in [9.17, 15) is 13.2 Å². The molecule has 2 aliphatic carbocycles. The van der Waals surface area contributed by atoms with Gasteiger partial charge in [0.15, 0.2) is 5.69 Å². The number of hydrogen-bond acceptors (Lipinski definition) is 4. The van der Waals surface area contributed by atoms with E-state index in [2.05, 4.69) is 10.2 Å². The molecule has 1 saturated heterocycles. The minimum Gasteiger partial charge on any atom is -0.334 e. The van der Waals surface area contributed by atoms with Crippen LogP contribution in [0.1, 0.15) is 54.2 Å². The Kier molecular flexibility index (Phi) is 2.71. The lowest BCUT2D eigenvalue weighted by Gasteiger charge is -2.26. The number of carbonyl (C=O) groups excluding carboxylic acids is 1. The van der Waals surface area contributed by atoms with Gasteiger partial charge in [0, 0.05) is 18.5 Å². The Balaban J connectivity index is 1.73. The van der Waals surface area contributed by atoms with Crippen LogP contribution in [0.2, 0.25) is 0 Å². The zero-order valence-corrected chi connectivity index (χ0v) is 12.4. The van der Waals surface area contributed by atoms with Crippen LogP contribution < -0.4 is 5.14 Å². The zero-order valence-electron chi connectivity index (χ0n) is 11.6. The van der Waals surface area contributed by atoms with Crippen molar-refractivity contribution in [3.63, 3.8) is 0 Å². The number of likely N-dealkylation sites (tertiary alicyclic amines) is 1. The molecule has 2 saturated carbocycles. The van der Waals surface area contributed by atoms with Gasteiger partial charge in [-0.3, -0.25) is 9.89 Å². The molecule has 114 valence electrons. The number of nitrogens with two attached hydrogens (primary N) is 1. The van der Waals surface area contributed by atoms with Gasteiger partial charge in [0.05, 0.1) is 5.69 Å². The first-order valence-electron chi connectivity index (χ1n) is 7.37. The minimum absolute atomic E-state index is 0.0213.